The maximum Gasteiger partial charge on any atom is 0.270 e. The Morgan fingerprint density at radius 2 is 1.85 bits per heavy atom. The van der Waals surface area contributed by atoms with Gasteiger partial charge in [0, 0.05) is 30.7 Å². The maximum atomic E-state index is 13.6. The number of amides is 2. The fourth-order valence-electron chi connectivity index (χ4n) is 2.23. The molecule has 3 aromatic rings. The molecule has 0 bridgehead atoms. The van der Waals surface area contributed by atoms with Crippen LogP contribution in [0.1, 0.15) is 26.4 Å². The molecule has 0 radical (unpaired) electrons. The Kier molecular flexibility index (Phi) is 5.28. The summed E-state index contributed by atoms with van der Waals surface area (Å²) in [4.78, 5) is 32.4. The van der Waals surface area contributed by atoms with Crippen molar-refractivity contribution in [2.24, 2.45) is 0 Å². The number of carbonyl (C=O) groups excluding carboxylic acids is 2. The van der Waals surface area contributed by atoms with E-state index in [1.807, 2.05) is 6.07 Å². The highest BCUT2D eigenvalue weighted by Crippen LogP contribution is 2.14. The summed E-state index contributed by atoms with van der Waals surface area (Å²) < 4.78 is 13.6. The molecule has 0 fully saturated rings. The van der Waals surface area contributed by atoms with E-state index in [2.05, 4.69) is 20.6 Å². The van der Waals surface area contributed by atoms with Gasteiger partial charge in [-0.05, 0) is 35.9 Å². The molecule has 2 aromatic heterocycles. The van der Waals surface area contributed by atoms with Crippen LogP contribution in [0.25, 0.3) is 0 Å². The predicted molar refractivity (Wildman–Crippen MR) is 94.0 cm³/mol. The summed E-state index contributed by atoms with van der Waals surface area (Å²) in [5, 5.41) is 5.18. The Hall–Kier alpha value is -3.61. The van der Waals surface area contributed by atoms with Crippen LogP contribution in [0.3, 0.4) is 0 Å². The number of anilines is 1. The lowest BCUT2D eigenvalue weighted by molar-refractivity contribution is 0.0946. The SMILES string of the molecule is O=C(Nc1ccccc1F)c1ccnc(C(=O)NCc2cccnc2)c1. The van der Waals surface area contributed by atoms with Gasteiger partial charge in [0.1, 0.15) is 11.5 Å². The molecule has 2 N–H and O–H groups in total. The van der Waals surface area contributed by atoms with Crippen LogP contribution in [0.2, 0.25) is 0 Å². The number of nitrogens with one attached hydrogen (secondary N) is 2. The van der Waals surface area contributed by atoms with Gasteiger partial charge >= 0.3 is 0 Å². The van der Waals surface area contributed by atoms with E-state index in [1.165, 1.54) is 36.5 Å². The third kappa shape index (κ3) is 4.27. The van der Waals surface area contributed by atoms with Crippen molar-refractivity contribution in [2.45, 2.75) is 6.54 Å². The Labute approximate surface area is 149 Å². The second-order valence-corrected chi connectivity index (χ2v) is 5.41. The number of hydrogen-bond donors (Lipinski definition) is 2. The average Bonchev–Trinajstić information content (AvgIpc) is 2.69. The molecule has 3 rings (SSSR count). The zero-order valence-corrected chi connectivity index (χ0v) is 13.6. The molecule has 0 aliphatic heterocycles. The van der Waals surface area contributed by atoms with Gasteiger partial charge < -0.3 is 10.6 Å². The van der Waals surface area contributed by atoms with Crippen LogP contribution in [0.15, 0.2) is 67.1 Å². The Morgan fingerprint density at radius 1 is 1.00 bits per heavy atom. The molecule has 0 saturated carbocycles. The molecule has 0 aliphatic carbocycles. The predicted octanol–water partition coefficient (Wildman–Crippen LogP) is 2.80. The molecule has 0 spiro atoms. The maximum absolute atomic E-state index is 13.6. The molecule has 2 heterocycles. The third-order valence-electron chi connectivity index (χ3n) is 3.55. The minimum Gasteiger partial charge on any atom is -0.347 e. The normalized spacial score (nSPS) is 10.2. The van der Waals surface area contributed by atoms with Gasteiger partial charge in [-0.3, -0.25) is 19.6 Å². The summed E-state index contributed by atoms with van der Waals surface area (Å²) in [5.41, 5.74) is 1.20. The van der Waals surface area contributed by atoms with Crippen LogP contribution in [-0.2, 0) is 6.54 Å². The van der Waals surface area contributed by atoms with E-state index in [0.29, 0.717) is 6.54 Å². The lowest BCUT2D eigenvalue weighted by atomic mass is 10.2. The van der Waals surface area contributed by atoms with Crippen molar-refractivity contribution in [3.8, 4) is 0 Å². The van der Waals surface area contributed by atoms with E-state index in [9.17, 15) is 14.0 Å². The first-order valence-corrected chi connectivity index (χ1v) is 7.82. The fourth-order valence-corrected chi connectivity index (χ4v) is 2.23. The highest BCUT2D eigenvalue weighted by molar-refractivity contribution is 6.05. The number of para-hydroxylation sites is 1. The number of rotatable bonds is 5. The van der Waals surface area contributed by atoms with Gasteiger partial charge in [-0.2, -0.15) is 0 Å². The minimum absolute atomic E-state index is 0.0666. The largest absolute Gasteiger partial charge is 0.347 e. The minimum atomic E-state index is -0.538. The summed E-state index contributed by atoms with van der Waals surface area (Å²) >= 11 is 0. The number of aromatic nitrogens is 2. The lowest BCUT2D eigenvalue weighted by Gasteiger charge is -2.08. The smallest absolute Gasteiger partial charge is 0.270 e. The van der Waals surface area contributed by atoms with Gasteiger partial charge in [-0.1, -0.05) is 18.2 Å². The summed E-state index contributed by atoms with van der Waals surface area (Å²) in [7, 11) is 0. The molecule has 130 valence electrons. The first-order chi connectivity index (χ1) is 12.6. The van der Waals surface area contributed by atoms with E-state index in [4.69, 9.17) is 0 Å². The molecule has 0 aliphatic rings. The van der Waals surface area contributed by atoms with Crippen molar-refractivity contribution >= 4 is 17.5 Å². The van der Waals surface area contributed by atoms with E-state index in [-0.39, 0.29) is 16.9 Å². The molecule has 1 aromatic carbocycles. The third-order valence-corrected chi connectivity index (χ3v) is 3.55. The first-order valence-electron chi connectivity index (χ1n) is 7.82. The number of hydrogen-bond acceptors (Lipinski definition) is 4. The molecule has 2 amide bonds. The number of carbonyl (C=O) groups is 2. The molecule has 26 heavy (non-hydrogen) atoms. The first kappa shape index (κ1) is 17.2. The van der Waals surface area contributed by atoms with Crippen molar-refractivity contribution in [1.82, 2.24) is 15.3 Å². The highest BCUT2D eigenvalue weighted by Gasteiger charge is 2.13. The molecule has 0 saturated heterocycles. The molecule has 6 nitrogen and oxygen atoms in total. The number of halogens is 1. The quantitative estimate of drug-likeness (QED) is 0.741. The zero-order valence-electron chi connectivity index (χ0n) is 13.6. The van der Waals surface area contributed by atoms with Crippen molar-refractivity contribution in [1.29, 1.82) is 0 Å². The summed E-state index contributed by atoms with van der Waals surface area (Å²) in [6.07, 6.45) is 4.64. The summed E-state index contributed by atoms with van der Waals surface area (Å²) in [6, 6.07) is 12.3. The Bertz CT molecular complexity index is 932. The average molecular weight is 350 g/mol. The Morgan fingerprint density at radius 3 is 2.62 bits per heavy atom. The molecule has 0 unspecified atom stereocenters. The van der Waals surface area contributed by atoms with E-state index in [0.717, 1.165) is 5.56 Å². The molecular formula is C19H15FN4O2. The van der Waals surface area contributed by atoms with Crippen LogP contribution in [0, 0.1) is 5.82 Å². The monoisotopic (exact) mass is 350 g/mol. The number of benzene rings is 1. The van der Waals surface area contributed by atoms with E-state index >= 15 is 0 Å². The van der Waals surface area contributed by atoms with Crippen LogP contribution < -0.4 is 10.6 Å². The second kappa shape index (κ2) is 7.98. The van der Waals surface area contributed by atoms with E-state index < -0.39 is 17.6 Å². The van der Waals surface area contributed by atoms with Crippen molar-refractivity contribution in [3.63, 3.8) is 0 Å². The van der Waals surface area contributed by atoms with Gasteiger partial charge in [0.15, 0.2) is 0 Å². The van der Waals surface area contributed by atoms with Crippen LogP contribution in [0.5, 0.6) is 0 Å². The lowest BCUT2D eigenvalue weighted by Crippen LogP contribution is -2.24. The van der Waals surface area contributed by atoms with Crippen LogP contribution >= 0.6 is 0 Å². The Balaban J connectivity index is 1.68. The van der Waals surface area contributed by atoms with Crippen molar-refractivity contribution in [2.75, 3.05) is 5.32 Å². The van der Waals surface area contributed by atoms with Crippen LogP contribution in [-0.4, -0.2) is 21.8 Å². The van der Waals surface area contributed by atoms with Gasteiger partial charge in [0.25, 0.3) is 11.8 Å². The standard InChI is InChI=1S/C19H15FN4O2/c20-15-5-1-2-6-16(15)24-18(25)14-7-9-22-17(10-14)19(26)23-12-13-4-3-8-21-11-13/h1-11H,12H2,(H,23,26)(H,24,25). The highest BCUT2D eigenvalue weighted by atomic mass is 19.1. The van der Waals surface area contributed by atoms with Gasteiger partial charge in [-0.25, -0.2) is 4.39 Å². The number of nitrogens with zero attached hydrogens (tertiary/aromatic N) is 2. The second-order valence-electron chi connectivity index (χ2n) is 5.41. The number of pyridine rings is 2. The molecular weight excluding hydrogens is 335 g/mol. The van der Waals surface area contributed by atoms with Gasteiger partial charge in [0.05, 0.1) is 5.69 Å². The van der Waals surface area contributed by atoms with Crippen molar-refractivity contribution < 1.29 is 14.0 Å². The van der Waals surface area contributed by atoms with Crippen LogP contribution in [0.4, 0.5) is 10.1 Å². The van der Waals surface area contributed by atoms with Gasteiger partial charge in [0.2, 0.25) is 0 Å². The van der Waals surface area contributed by atoms with E-state index in [1.54, 1.807) is 24.5 Å². The summed E-state index contributed by atoms with van der Waals surface area (Å²) in [5.74, 6) is -1.49. The topological polar surface area (TPSA) is 84.0 Å². The van der Waals surface area contributed by atoms with Crippen molar-refractivity contribution in [3.05, 3.63) is 89.8 Å². The summed E-state index contributed by atoms with van der Waals surface area (Å²) in [6.45, 7) is 0.292. The molecule has 7 heteroatoms. The zero-order chi connectivity index (χ0) is 18.4. The van der Waals surface area contributed by atoms with Gasteiger partial charge in [-0.15, -0.1) is 0 Å². The molecule has 0 atom stereocenters. The fraction of sp³-hybridized carbons (Fsp3) is 0.0526.